The van der Waals surface area contributed by atoms with E-state index in [-0.39, 0.29) is 23.5 Å². The number of allylic oxidation sites excluding steroid dienone is 5. The maximum Gasteiger partial charge on any atom is 0.269 e. The maximum atomic E-state index is 15.2. The van der Waals surface area contributed by atoms with Gasteiger partial charge in [-0.3, -0.25) is 9.69 Å². The summed E-state index contributed by atoms with van der Waals surface area (Å²) >= 11 is 0. The Morgan fingerprint density at radius 3 is 2.73 bits per heavy atom. The summed E-state index contributed by atoms with van der Waals surface area (Å²) in [6.45, 7) is 7.46. The zero-order chi connectivity index (χ0) is 23.5. The van der Waals surface area contributed by atoms with Crippen LogP contribution >= 0.6 is 0 Å². The van der Waals surface area contributed by atoms with Gasteiger partial charge in [0.05, 0.1) is 11.7 Å². The van der Waals surface area contributed by atoms with Gasteiger partial charge in [-0.15, -0.1) is 0 Å². The molecule has 2 unspecified atom stereocenters. The predicted molar refractivity (Wildman–Crippen MR) is 124 cm³/mol. The highest BCUT2D eigenvalue weighted by Crippen LogP contribution is 2.51. The van der Waals surface area contributed by atoms with Crippen LogP contribution in [-0.2, 0) is 6.54 Å². The third-order valence-electron chi connectivity index (χ3n) is 6.95. The van der Waals surface area contributed by atoms with Crippen molar-refractivity contribution in [3.63, 3.8) is 0 Å². The Bertz CT molecular complexity index is 1170. The van der Waals surface area contributed by atoms with Crippen LogP contribution in [0.4, 0.5) is 4.39 Å². The molecule has 3 N–H and O–H groups in total. The van der Waals surface area contributed by atoms with E-state index in [9.17, 15) is 9.90 Å². The Hall–Kier alpha value is -2.73. The normalized spacial score (nSPS) is 25.1. The van der Waals surface area contributed by atoms with Crippen LogP contribution in [0.2, 0.25) is 0 Å². The fourth-order valence-electron chi connectivity index (χ4n) is 5.35. The second-order valence-electron chi connectivity index (χ2n) is 10.1. The maximum absolute atomic E-state index is 15.2. The smallest absolute Gasteiger partial charge is 0.269 e. The summed E-state index contributed by atoms with van der Waals surface area (Å²) in [5.74, 6) is 5.67. The average molecular weight is 452 g/mol. The second-order valence-corrected chi connectivity index (χ2v) is 10.1. The number of aliphatic hydroxyl groups is 1. The van der Waals surface area contributed by atoms with Gasteiger partial charge in [0, 0.05) is 43.9 Å². The summed E-state index contributed by atoms with van der Waals surface area (Å²) in [4.78, 5) is 21.6. The first kappa shape index (κ1) is 22.1. The van der Waals surface area contributed by atoms with Gasteiger partial charge >= 0.3 is 0 Å². The molecule has 1 amide bonds. The number of aromatic nitrogens is 2. The van der Waals surface area contributed by atoms with Crippen LogP contribution in [0.3, 0.4) is 0 Å². The predicted octanol–water partition coefficient (Wildman–Crippen LogP) is 2.02. The molecule has 1 aromatic heterocycles. The largest absolute Gasteiger partial charge is 0.378 e. The topological polar surface area (TPSA) is 87.6 Å². The number of fused-ring (bicyclic) bond motifs is 3. The summed E-state index contributed by atoms with van der Waals surface area (Å²) in [6, 6.07) is -0.0924. The van der Waals surface area contributed by atoms with E-state index in [1.54, 1.807) is 26.0 Å². The molecule has 2 fully saturated rings. The fraction of sp³-hybridized carbons (Fsp3) is 0.520. The highest BCUT2D eigenvalue weighted by Gasteiger charge is 2.41. The molecule has 2 aliphatic heterocycles. The molecule has 1 saturated heterocycles. The Morgan fingerprint density at radius 2 is 2.06 bits per heavy atom. The lowest BCUT2D eigenvalue weighted by molar-refractivity contribution is 0.0991. The molecule has 0 aromatic carbocycles. The van der Waals surface area contributed by atoms with E-state index < -0.39 is 11.5 Å². The highest BCUT2D eigenvalue weighted by molar-refractivity contribution is 5.92. The van der Waals surface area contributed by atoms with Gasteiger partial charge in [-0.25, -0.2) is 9.37 Å². The van der Waals surface area contributed by atoms with Crippen LogP contribution in [0.25, 0.3) is 6.08 Å². The van der Waals surface area contributed by atoms with Gasteiger partial charge in [-0.05, 0) is 57.4 Å². The van der Waals surface area contributed by atoms with E-state index in [0.717, 1.165) is 50.3 Å². The lowest BCUT2D eigenvalue weighted by atomic mass is 9.91. The van der Waals surface area contributed by atoms with Crippen molar-refractivity contribution >= 4 is 12.0 Å². The van der Waals surface area contributed by atoms with Crippen molar-refractivity contribution in [2.45, 2.75) is 44.9 Å². The number of piperazine rings is 1. The fourth-order valence-corrected chi connectivity index (χ4v) is 5.35. The van der Waals surface area contributed by atoms with Gasteiger partial charge < -0.3 is 20.3 Å². The van der Waals surface area contributed by atoms with Crippen LogP contribution < -0.4 is 5.73 Å². The van der Waals surface area contributed by atoms with Gasteiger partial charge in [0.1, 0.15) is 17.3 Å². The number of primary amides is 1. The average Bonchev–Trinajstić information content (AvgIpc) is 3.21. The minimum atomic E-state index is -1.22. The first-order chi connectivity index (χ1) is 15.6. The Labute approximate surface area is 193 Å². The van der Waals surface area contributed by atoms with E-state index in [1.165, 1.54) is 0 Å². The van der Waals surface area contributed by atoms with Gasteiger partial charge in [-0.1, -0.05) is 11.8 Å². The van der Waals surface area contributed by atoms with Gasteiger partial charge in [0.2, 0.25) is 0 Å². The van der Waals surface area contributed by atoms with E-state index in [2.05, 4.69) is 38.2 Å². The van der Waals surface area contributed by atoms with Crippen molar-refractivity contribution in [1.29, 1.82) is 0 Å². The number of halogens is 1. The third-order valence-corrected chi connectivity index (χ3v) is 6.95. The van der Waals surface area contributed by atoms with Crippen molar-refractivity contribution in [2.75, 3.05) is 33.2 Å². The lowest BCUT2D eigenvalue weighted by Gasteiger charge is -2.33. The first-order valence-electron chi connectivity index (χ1n) is 11.5. The van der Waals surface area contributed by atoms with Crippen molar-refractivity contribution in [2.24, 2.45) is 11.7 Å². The van der Waals surface area contributed by atoms with E-state index in [1.807, 2.05) is 0 Å². The number of nitrogens with zero attached hydrogens (tertiary/aromatic N) is 4. The third kappa shape index (κ3) is 4.05. The molecule has 7 nitrogen and oxygen atoms in total. The van der Waals surface area contributed by atoms with Crippen LogP contribution in [-0.4, -0.2) is 69.2 Å². The second kappa shape index (κ2) is 7.94. The summed E-state index contributed by atoms with van der Waals surface area (Å²) in [5, 5.41) is 10.1. The van der Waals surface area contributed by atoms with E-state index >= 15 is 4.39 Å². The summed E-state index contributed by atoms with van der Waals surface area (Å²) in [6.07, 6.45) is 4.94. The quantitative estimate of drug-likeness (QED) is 0.687. The summed E-state index contributed by atoms with van der Waals surface area (Å²) < 4.78 is 17.3. The van der Waals surface area contributed by atoms with Crippen molar-refractivity contribution in [1.82, 2.24) is 19.4 Å². The molecule has 33 heavy (non-hydrogen) atoms. The number of rotatable bonds is 3. The number of carbonyl (C=O) groups is 1. The molecule has 5 rings (SSSR count). The van der Waals surface area contributed by atoms with Crippen LogP contribution in [0.5, 0.6) is 0 Å². The number of nitrogens with two attached hydrogens (primary N) is 1. The standard InChI is InChI=1S/C25H30FN5O2/c1-25(2,33)5-4-16-13-21-28-23(24(27)32)20(14-30-8-6-29(3)7-9-30)31(21)19-12-15-10-17(19)22(16)18(26)11-15/h11,13,15,19,33H,6-10,12,14H2,1-3H3,(H2,27,32). The number of imidazole rings is 1. The number of amides is 1. The minimum absolute atomic E-state index is 0.0924. The van der Waals surface area contributed by atoms with Gasteiger partial charge in [-0.2, -0.15) is 0 Å². The molecular formula is C25H30FN5O2. The molecule has 174 valence electrons. The Balaban J connectivity index is 1.66. The monoisotopic (exact) mass is 451 g/mol. The molecule has 2 atom stereocenters. The number of hydrogen-bond acceptors (Lipinski definition) is 5. The highest BCUT2D eigenvalue weighted by atomic mass is 19.1. The molecular weight excluding hydrogens is 421 g/mol. The van der Waals surface area contributed by atoms with E-state index in [4.69, 9.17) is 5.73 Å². The van der Waals surface area contributed by atoms with Crippen LogP contribution in [0.15, 0.2) is 28.6 Å². The number of likely N-dealkylation sites (N-methyl/N-ethyl adjacent to an activating group) is 1. The first-order valence-corrected chi connectivity index (χ1v) is 11.5. The Morgan fingerprint density at radius 1 is 1.33 bits per heavy atom. The zero-order valence-corrected chi connectivity index (χ0v) is 19.4. The van der Waals surface area contributed by atoms with Gasteiger partial charge in [0.15, 0.2) is 5.69 Å². The molecule has 2 aliphatic carbocycles. The molecule has 2 bridgehead atoms. The Kier molecular flexibility index (Phi) is 5.31. The molecule has 3 heterocycles. The zero-order valence-electron chi connectivity index (χ0n) is 19.4. The lowest BCUT2D eigenvalue weighted by Crippen LogP contribution is -2.44. The van der Waals surface area contributed by atoms with Crippen molar-refractivity contribution in [3.05, 3.63) is 45.8 Å². The number of hydrogen-bond donors (Lipinski definition) is 2. The molecule has 0 radical (unpaired) electrons. The summed E-state index contributed by atoms with van der Waals surface area (Å²) in [5.41, 5.74) is 7.60. The molecule has 8 heteroatoms. The van der Waals surface area contributed by atoms with Crippen molar-refractivity contribution in [3.8, 4) is 11.8 Å². The van der Waals surface area contributed by atoms with Gasteiger partial charge in [0.25, 0.3) is 5.91 Å². The molecule has 1 aromatic rings. The van der Waals surface area contributed by atoms with E-state index in [0.29, 0.717) is 23.5 Å². The molecule has 4 aliphatic rings. The SMILES string of the molecule is CN1CCN(Cc2c(C(N)=O)nc3n2C2CC4C=C(F)C(=C2C4)C(C#CC(C)(C)O)=C3)CC1. The molecule has 1 saturated carbocycles. The number of carbonyl (C=O) groups excluding carboxylic acids is 1. The van der Waals surface area contributed by atoms with Crippen LogP contribution in [0.1, 0.15) is 54.7 Å². The summed E-state index contributed by atoms with van der Waals surface area (Å²) in [7, 11) is 2.10. The molecule has 0 spiro atoms. The minimum Gasteiger partial charge on any atom is -0.378 e. The van der Waals surface area contributed by atoms with Crippen LogP contribution in [0, 0.1) is 17.8 Å². The van der Waals surface area contributed by atoms with Crippen molar-refractivity contribution < 1.29 is 14.3 Å².